The average Bonchev–Trinajstić information content (AvgIpc) is 2.91. The summed E-state index contributed by atoms with van der Waals surface area (Å²) in [6.07, 6.45) is 1.93. The van der Waals surface area contributed by atoms with Gasteiger partial charge >= 0.3 is 0 Å². The molecular weight excluding hydrogens is 264 g/mol. The molecule has 1 aliphatic heterocycles. The van der Waals surface area contributed by atoms with E-state index in [1.54, 1.807) is 25.2 Å². The van der Waals surface area contributed by atoms with Gasteiger partial charge in [-0.25, -0.2) is 8.42 Å². The van der Waals surface area contributed by atoms with E-state index in [0.717, 1.165) is 25.0 Å². The fourth-order valence-electron chi connectivity index (χ4n) is 2.19. The molecule has 1 fully saturated rings. The van der Waals surface area contributed by atoms with Crippen molar-refractivity contribution in [3.63, 3.8) is 0 Å². The maximum Gasteiger partial charge on any atom is 0.242 e. The Bertz CT molecular complexity index is 524. The Morgan fingerprint density at radius 2 is 2.26 bits per heavy atom. The van der Waals surface area contributed by atoms with Crippen LogP contribution in [0.25, 0.3) is 0 Å². The highest BCUT2D eigenvalue weighted by Crippen LogP contribution is 2.19. The Kier molecular flexibility index (Phi) is 4.57. The van der Waals surface area contributed by atoms with E-state index < -0.39 is 10.0 Å². The van der Waals surface area contributed by atoms with Gasteiger partial charge in [0.25, 0.3) is 0 Å². The summed E-state index contributed by atoms with van der Waals surface area (Å²) in [6.45, 7) is 1.45. The van der Waals surface area contributed by atoms with Gasteiger partial charge in [-0.1, -0.05) is 12.1 Å². The van der Waals surface area contributed by atoms with Gasteiger partial charge in [-0.3, -0.25) is 0 Å². The molecule has 106 valence electrons. The summed E-state index contributed by atoms with van der Waals surface area (Å²) in [4.78, 5) is 0.288. The highest BCUT2D eigenvalue weighted by molar-refractivity contribution is 7.89. The molecule has 1 aromatic rings. The zero-order chi connectivity index (χ0) is 13.9. The molecule has 0 radical (unpaired) electrons. The lowest BCUT2D eigenvalue weighted by atomic mass is 10.2. The number of nitrogens with two attached hydrogens (primary N) is 1. The molecule has 2 N–H and O–H groups in total. The Morgan fingerprint density at radius 1 is 1.47 bits per heavy atom. The van der Waals surface area contributed by atoms with Gasteiger partial charge < -0.3 is 10.5 Å². The maximum absolute atomic E-state index is 12.4. The molecule has 5 nitrogen and oxygen atoms in total. The minimum absolute atomic E-state index is 0.0115. The number of rotatable bonds is 5. The van der Waals surface area contributed by atoms with Gasteiger partial charge in [-0.05, 0) is 30.5 Å². The highest BCUT2D eigenvalue weighted by Gasteiger charge is 2.26. The van der Waals surface area contributed by atoms with Crippen LogP contribution < -0.4 is 5.73 Å². The zero-order valence-corrected chi connectivity index (χ0v) is 11.9. The molecule has 2 rings (SSSR count). The predicted octanol–water partition coefficient (Wildman–Crippen LogP) is 0.945. The van der Waals surface area contributed by atoms with Gasteiger partial charge in [0.2, 0.25) is 10.0 Å². The lowest BCUT2D eigenvalue weighted by Gasteiger charge is -2.20. The monoisotopic (exact) mass is 284 g/mol. The first-order valence-corrected chi connectivity index (χ1v) is 7.85. The second kappa shape index (κ2) is 6.00. The molecule has 0 aromatic heterocycles. The number of hydrogen-bond acceptors (Lipinski definition) is 4. The molecule has 0 amide bonds. The van der Waals surface area contributed by atoms with Gasteiger partial charge in [0.05, 0.1) is 11.0 Å². The molecule has 1 aliphatic rings. The standard InChI is InChI=1S/C13H20N2O3S/c1-15(10-12-5-3-7-18-12)19(16,17)13-6-2-4-11(8-13)9-14/h2,4,6,8,12H,3,5,7,9-10,14H2,1H3. The van der Waals surface area contributed by atoms with Gasteiger partial charge in [0, 0.05) is 26.7 Å². The van der Waals surface area contributed by atoms with E-state index in [1.807, 2.05) is 6.07 Å². The van der Waals surface area contributed by atoms with Crippen molar-refractivity contribution in [2.75, 3.05) is 20.2 Å². The van der Waals surface area contributed by atoms with Crippen molar-refractivity contribution in [3.05, 3.63) is 29.8 Å². The molecule has 0 saturated carbocycles. The van der Waals surface area contributed by atoms with Crippen molar-refractivity contribution in [3.8, 4) is 0 Å². The Hall–Kier alpha value is -0.950. The van der Waals surface area contributed by atoms with E-state index in [0.29, 0.717) is 13.1 Å². The van der Waals surface area contributed by atoms with Crippen molar-refractivity contribution < 1.29 is 13.2 Å². The van der Waals surface area contributed by atoms with E-state index in [-0.39, 0.29) is 11.0 Å². The normalized spacial score (nSPS) is 20.1. The number of hydrogen-bond donors (Lipinski definition) is 1. The quantitative estimate of drug-likeness (QED) is 0.873. The lowest BCUT2D eigenvalue weighted by Crippen LogP contribution is -2.34. The van der Waals surface area contributed by atoms with Crippen LogP contribution in [0.5, 0.6) is 0 Å². The molecule has 1 atom stereocenters. The summed E-state index contributed by atoms with van der Waals surface area (Å²) >= 11 is 0. The smallest absolute Gasteiger partial charge is 0.242 e. The van der Waals surface area contributed by atoms with Crippen molar-refractivity contribution in [2.24, 2.45) is 5.73 Å². The molecule has 0 bridgehead atoms. The van der Waals surface area contributed by atoms with E-state index in [4.69, 9.17) is 10.5 Å². The first-order valence-electron chi connectivity index (χ1n) is 6.41. The predicted molar refractivity (Wildman–Crippen MR) is 73.1 cm³/mol. The summed E-state index contributed by atoms with van der Waals surface area (Å²) in [5, 5.41) is 0. The van der Waals surface area contributed by atoms with Crippen LogP contribution in [0.15, 0.2) is 29.2 Å². The largest absolute Gasteiger partial charge is 0.377 e. The Labute approximate surface area is 114 Å². The number of likely N-dealkylation sites (N-methyl/N-ethyl adjacent to an activating group) is 1. The molecule has 1 heterocycles. The third kappa shape index (κ3) is 3.33. The van der Waals surface area contributed by atoms with Gasteiger partial charge in [0.1, 0.15) is 0 Å². The minimum Gasteiger partial charge on any atom is -0.377 e. The molecule has 1 unspecified atom stereocenters. The van der Waals surface area contributed by atoms with Crippen molar-refractivity contribution in [1.82, 2.24) is 4.31 Å². The van der Waals surface area contributed by atoms with Crippen molar-refractivity contribution in [2.45, 2.75) is 30.4 Å². The minimum atomic E-state index is -3.46. The molecule has 1 saturated heterocycles. The van der Waals surface area contributed by atoms with Crippen LogP contribution in [-0.4, -0.2) is 39.0 Å². The number of nitrogens with zero attached hydrogens (tertiary/aromatic N) is 1. The van der Waals surface area contributed by atoms with E-state index in [9.17, 15) is 8.42 Å². The fraction of sp³-hybridized carbons (Fsp3) is 0.538. The molecule has 0 spiro atoms. The topological polar surface area (TPSA) is 72.6 Å². The summed E-state index contributed by atoms with van der Waals surface area (Å²) < 4.78 is 31.7. The number of sulfonamides is 1. The fourth-order valence-corrected chi connectivity index (χ4v) is 3.46. The first-order chi connectivity index (χ1) is 9.04. The molecular formula is C13H20N2O3S. The Balaban J connectivity index is 2.15. The third-order valence-corrected chi connectivity index (χ3v) is 5.15. The maximum atomic E-state index is 12.4. The van der Waals surface area contributed by atoms with Gasteiger partial charge in [-0.2, -0.15) is 4.31 Å². The van der Waals surface area contributed by atoms with Crippen molar-refractivity contribution >= 4 is 10.0 Å². The molecule has 19 heavy (non-hydrogen) atoms. The Morgan fingerprint density at radius 3 is 2.89 bits per heavy atom. The summed E-state index contributed by atoms with van der Waals surface area (Å²) in [6, 6.07) is 6.76. The van der Waals surface area contributed by atoms with E-state index in [2.05, 4.69) is 0 Å². The third-order valence-electron chi connectivity index (χ3n) is 3.33. The van der Waals surface area contributed by atoms with Crippen LogP contribution in [-0.2, 0) is 21.3 Å². The van der Waals surface area contributed by atoms with Crippen LogP contribution in [0, 0.1) is 0 Å². The molecule has 0 aliphatic carbocycles. The van der Waals surface area contributed by atoms with Crippen LogP contribution >= 0.6 is 0 Å². The SMILES string of the molecule is CN(CC1CCCO1)S(=O)(=O)c1cccc(CN)c1. The highest BCUT2D eigenvalue weighted by atomic mass is 32.2. The number of benzene rings is 1. The van der Waals surface area contributed by atoms with Crippen LogP contribution in [0.3, 0.4) is 0 Å². The molecule has 1 aromatic carbocycles. The van der Waals surface area contributed by atoms with Gasteiger partial charge in [-0.15, -0.1) is 0 Å². The summed E-state index contributed by atoms with van der Waals surface area (Å²) in [7, 11) is -1.87. The first kappa shape index (κ1) is 14.5. The zero-order valence-electron chi connectivity index (χ0n) is 11.1. The van der Waals surface area contributed by atoms with Crippen LogP contribution in [0.1, 0.15) is 18.4 Å². The summed E-state index contributed by atoms with van der Waals surface area (Å²) in [5.74, 6) is 0. The van der Waals surface area contributed by atoms with Crippen LogP contribution in [0.2, 0.25) is 0 Å². The van der Waals surface area contributed by atoms with Crippen LogP contribution in [0.4, 0.5) is 0 Å². The molecule has 6 heteroatoms. The van der Waals surface area contributed by atoms with Crippen molar-refractivity contribution in [1.29, 1.82) is 0 Å². The average molecular weight is 284 g/mol. The number of ether oxygens (including phenoxy) is 1. The van der Waals surface area contributed by atoms with Gasteiger partial charge in [0.15, 0.2) is 0 Å². The summed E-state index contributed by atoms with van der Waals surface area (Å²) in [5.41, 5.74) is 6.35. The second-order valence-corrected chi connectivity index (χ2v) is 6.82. The lowest BCUT2D eigenvalue weighted by molar-refractivity contribution is 0.0979. The second-order valence-electron chi connectivity index (χ2n) is 4.77. The van der Waals surface area contributed by atoms with E-state index >= 15 is 0 Å². The van der Waals surface area contributed by atoms with E-state index in [1.165, 1.54) is 4.31 Å².